The van der Waals surface area contributed by atoms with Gasteiger partial charge in [0.15, 0.2) is 23.4 Å². The maximum absolute atomic E-state index is 5.72. The molecule has 6 heteroatoms. The average molecular weight is 218 g/mol. The van der Waals surface area contributed by atoms with Crippen LogP contribution in [0.15, 0.2) is 24.3 Å². The third kappa shape index (κ3) is 1.44. The van der Waals surface area contributed by atoms with E-state index in [0.29, 0.717) is 18.2 Å². The van der Waals surface area contributed by atoms with Gasteiger partial charge in [0.05, 0.1) is 0 Å². The largest absolute Gasteiger partial charge is 0.485 e. The van der Waals surface area contributed by atoms with Crippen LogP contribution >= 0.6 is 0 Å². The number of para-hydroxylation sites is 2. The van der Waals surface area contributed by atoms with Crippen LogP contribution in [0.4, 0.5) is 5.95 Å². The van der Waals surface area contributed by atoms with Gasteiger partial charge in [0.2, 0.25) is 5.95 Å². The lowest BCUT2D eigenvalue weighted by Crippen LogP contribution is -2.22. The van der Waals surface area contributed by atoms with Gasteiger partial charge in [0.1, 0.15) is 6.61 Å². The number of aromatic nitrogens is 3. The van der Waals surface area contributed by atoms with E-state index in [-0.39, 0.29) is 12.1 Å². The molecule has 6 nitrogen and oxygen atoms in total. The molecule has 0 amide bonds. The Hall–Kier alpha value is -2.24. The molecule has 3 rings (SSSR count). The van der Waals surface area contributed by atoms with E-state index in [9.17, 15) is 0 Å². The smallest absolute Gasteiger partial charge is 0.239 e. The SMILES string of the molecule is Nc1n[nH]c(C2COc3ccccc3O2)n1. The molecule has 1 aliphatic heterocycles. The molecule has 0 bridgehead atoms. The van der Waals surface area contributed by atoms with Crippen LogP contribution in [0.3, 0.4) is 0 Å². The van der Waals surface area contributed by atoms with Crippen molar-refractivity contribution in [1.82, 2.24) is 15.2 Å². The summed E-state index contributed by atoms with van der Waals surface area (Å²) < 4.78 is 11.3. The number of rotatable bonds is 1. The van der Waals surface area contributed by atoms with Crippen molar-refractivity contribution < 1.29 is 9.47 Å². The van der Waals surface area contributed by atoms with Crippen LogP contribution in [-0.2, 0) is 0 Å². The first-order valence-corrected chi connectivity index (χ1v) is 4.89. The second-order valence-corrected chi connectivity index (χ2v) is 3.44. The van der Waals surface area contributed by atoms with Crippen LogP contribution in [0.2, 0.25) is 0 Å². The lowest BCUT2D eigenvalue weighted by atomic mass is 10.2. The number of benzene rings is 1. The average Bonchev–Trinajstić information content (AvgIpc) is 2.75. The van der Waals surface area contributed by atoms with E-state index >= 15 is 0 Å². The fraction of sp³-hybridized carbons (Fsp3) is 0.200. The summed E-state index contributed by atoms with van der Waals surface area (Å²) in [5.41, 5.74) is 5.43. The highest BCUT2D eigenvalue weighted by molar-refractivity contribution is 5.41. The number of ether oxygens (including phenoxy) is 2. The van der Waals surface area contributed by atoms with Crippen molar-refractivity contribution in [2.75, 3.05) is 12.3 Å². The summed E-state index contributed by atoms with van der Waals surface area (Å²) in [7, 11) is 0. The molecule has 2 aromatic rings. The molecule has 2 heterocycles. The third-order valence-corrected chi connectivity index (χ3v) is 2.33. The number of anilines is 1. The number of nitrogens with two attached hydrogens (primary N) is 1. The predicted octanol–water partition coefficient (Wildman–Crippen LogP) is 0.899. The fourth-order valence-corrected chi connectivity index (χ4v) is 1.59. The number of nitrogens with one attached hydrogen (secondary N) is 1. The highest BCUT2D eigenvalue weighted by atomic mass is 16.6. The van der Waals surface area contributed by atoms with Crippen molar-refractivity contribution in [1.29, 1.82) is 0 Å². The molecule has 0 fully saturated rings. The summed E-state index contributed by atoms with van der Waals surface area (Å²) in [6.07, 6.45) is -0.292. The quantitative estimate of drug-likeness (QED) is 0.742. The van der Waals surface area contributed by atoms with E-state index in [2.05, 4.69) is 15.2 Å². The zero-order valence-corrected chi connectivity index (χ0v) is 8.38. The molecule has 0 spiro atoms. The molecule has 0 saturated carbocycles. The molecule has 1 aromatic carbocycles. The van der Waals surface area contributed by atoms with Gasteiger partial charge in [0, 0.05) is 0 Å². The normalized spacial score (nSPS) is 18.4. The molecule has 3 N–H and O–H groups in total. The highest BCUT2D eigenvalue weighted by Gasteiger charge is 2.24. The van der Waals surface area contributed by atoms with Crippen LogP contribution in [0.25, 0.3) is 0 Å². The second kappa shape index (κ2) is 3.41. The monoisotopic (exact) mass is 218 g/mol. The molecule has 0 aliphatic carbocycles. The zero-order chi connectivity index (χ0) is 11.0. The third-order valence-electron chi connectivity index (χ3n) is 2.33. The Balaban J connectivity index is 1.88. The van der Waals surface area contributed by atoms with E-state index < -0.39 is 0 Å². The molecule has 82 valence electrons. The first kappa shape index (κ1) is 9.02. The van der Waals surface area contributed by atoms with Gasteiger partial charge in [-0.15, -0.1) is 5.10 Å². The van der Waals surface area contributed by atoms with Gasteiger partial charge in [-0.05, 0) is 12.1 Å². The molecule has 1 unspecified atom stereocenters. The summed E-state index contributed by atoms with van der Waals surface area (Å²) in [5.74, 6) is 2.23. The summed E-state index contributed by atoms with van der Waals surface area (Å²) in [6.45, 7) is 0.394. The summed E-state index contributed by atoms with van der Waals surface area (Å²) in [5, 5.41) is 6.47. The summed E-state index contributed by atoms with van der Waals surface area (Å²) in [6, 6.07) is 7.50. The number of fused-ring (bicyclic) bond motifs is 1. The van der Waals surface area contributed by atoms with Crippen LogP contribution in [-0.4, -0.2) is 21.8 Å². The standard InChI is InChI=1S/C10H10N4O2/c11-10-12-9(13-14-10)8-5-15-6-3-1-2-4-7(6)16-8/h1-4,8H,5H2,(H3,11,12,13,14). The van der Waals surface area contributed by atoms with Gasteiger partial charge in [-0.25, -0.2) is 0 Å². The minimum absolute atomic E-state index is 0.206. The maximum atomic E-state index is 5.72. The number of aromatic amines is 1. The van der Waals surface area contributed by atoms with Gasteiger partial charge >= 0.3 is 0 Å². The first-order chi connectivity index (χ1) is 7.83. The lowest BCUT2D eigenvalue weighted by Gasteiger charge is -2.24. The topological polar surface area (TPSA) is 86.0 Å². The maximum Gasteiger partial charge on any atom is 0.239 e. The molecule has 1 aliphatic rings. The van der Waals surface area contributed by atoms with Crippen LogP contribution in [0, 0.1) is 0 Å². The van der Waals surface area contributed by atoms with E-state index in [1.54, 1.807) is 0 Å². The summed E-state index contributed by atoms with van der Waals surface area (Å²) >= 11 is 0. The minimum atomic E-state index is -0.292. The van der Waals surface area contributed by atoms with E-state index in [1.807, 2.05) is 24.3 Å². The number of hydrogen-bond acceptors (Lipinski definition) is 5. The molecule has 0 saturated heterocycles. The molecular weight excluding hydrogens is 208 g/mol. The van der Waals surface area contributed by atoms with Gasteiger partial charge in [-0.2, -0.15) is 4.98 Å². The van der Waals surface area contributed by atoms with E-state index in [0.717, 1.165) is 5.75 Å². The molecule has 1 aromatic heterocycles. The van der Waals surface area contributed by atoms with E-state index in [4.69, 9.17) is 15.2 Å². The van der Waals surface area contributed by atoms with Crippen LogP contribution < -0.4 is 15.2 Å². The van der Waals surface area contributed by atoms with Gasteiger partial charge in [-0.1, -0.05) is 12.1 Å². The van der Waals surface area contributed by atoms with Gasteiger partial charge < -0.3 is 15.2 Å². The number of nitrogens with zero attached hydrogens (tertiary/aromatic N) is 2. The number of nitrogen functional groups attached to an aromatic ring is 1. The Labute approximate surface area is 91.4 Å². The van der Waals surface area contributed by atoms with Gasteiger partial charge in [-0.3, -0.25) is 5.10 Å². The van der Waals surface area contributed by atoms with E-state index in [1.165, 1.54) is 0 Å². The Morgan fingerprint density at radius 2 is 2.12 bits per heavy atom. The molecular formula is C10H10N4O2. The summed E-state index contributed by atoms with van der Waals surface area (Å²) in [4.78, 5) is 4.01. The van der Waals surface area contributed by atoms with Crippen LogP contribution in [0.1, 0.15) is 11.9 Å². The Bertz CT molecular complexity index is 511. The van der Waals surface area contributed by atoms with Crippen molar-refractivity contribution in [3.8, 4) is 11.5 Å². The lowest BCUT2D eigenvalue weighted by molar-refractivity contribution is 0.0854. The first-order valence-electron chi connectivity index (χ1n) is 4.89. The zero-order valence-electron chi connectivity index (χ0n) is 8.38. The van der Waals surface area contributed by atoms with Crippen molar-refractivity contribution in [3.63, 3.8) is 0 Å². The second-order valence-electron chi connectivity index (χ2n) is 3.44. The van der Waals surface area contributed by atoms with Crippen molar-refractivity contribution in [2.45, 2.75) is 6.10 Å². The Kier molecular flexibility index (Phi) is 1.92. The predicted molar refractivity (Wildman–Crippen MR) is 56.1 cm³/mol. The minimum Gasteiger partial charge on any atom is -0.485 e. The van der Waals surface area contributed by atoms with Crippen molar-refractivity contribution in [3.05, 3.63) is 30.1 Å². The fourth-order valence-electron chi connectivity index (χ4n) is 1.59. The highest BCUT2D eigenvalue weighted by Crippen LogP contribution is 2.34. The Morgan fingerprint density at radius 1 is 1.31 bits per heavy atom. The number of H-pyrrole nitrogens is 1. The van der Waals surface area contributed by atoms with Crippen molar-refractivity contribution in [2.24, 2.45) is 0 Å². The Morgan fingerprint density at radius 3 is 2.88 bits per heavy atom. The van der Waals surface area contributed by atoms with Gasteiger partial charge in [0.25, 0.3) is 0 Å². The molecule has 1 atom stereocenters. The van der Waals surface area contributed by atoms with Crippen molar-refractivity contribution >= 4 is 5.95 Å². The molecule has 16 heavy (non-hydrogen) atoms. The number of hydrogen-bond donors (Lipinski definition) is 2. The molecule has 0 radical (unpaired) electrons. The van der Waals surface area contributed by atoms with Crippen LogP contribution in [0.5, 0.6) is 11.5 Å².